The first-order chi connectivity index (χ1) is 16.0. The van der Waals surface area contributed by atoms with Crippen LogP contribution in [0.2, 0.25) is 0 Å². The van der Waals surface area contributed by atoms with Crippen LogP contribution in [-0.2, 0) is 5.72 Å². The summed E-state index contributed by atoms with van der Waals surface area (Å²) in [4.78, 5) is 1.97. The van der Waals surface area contributed by atoms with Gasteiger partial charge < -0.3 is 9.84 Å². The zero-order valence-electron chi connectivity index (χ0n) is 18.3. The fraction of sp³-hybridized carbons (Fsp3) is 0.296. The summed E-state index contributed by atoms with van der Waals surface area (Å²) in [6.07, 6.45) is 4.15. The predicted octanol–water partition coefficient (Wildman–Crippen LogP) is 5.61. The Hall–Kier alpha value is -3.25. The molecule has 4 nitrogen and oxygen atoms in total. The van der Waals surface area contributed by atoms with Gasteiger partial charge in [-0.3, -0.25) is 4.58 Å². The highest BCUT2D eigenvalue weighted by Gasteiger charge is 2.54. The van der Waals surface area contributed by atoms with Crippen molar-refractivity contribution in [1.29, 1.82) is 0 Å². The molecule has 0 aromatic heterocycles. The van der Waals surface area contributed by atoms with Gasteiger partial charge in [-0.1, -0.05) is 54.6 Å². The quantitative estimate of drug-likeness (QED) is 0.515. The standard InChI is InChI=1S/C27H27F2N2O2/c28-26(29)33-24-16-14-23(15-17-24)31-25-9-5-2-6-18-30(25)19-27(31,32)22-12-10-21(11-13-22)20-7-3-1-4-8-20/h1,3-4,7-8,10-17,26,32H,2,5-6,9,18-19H2/q+1. The lowest BCUT2D eigenvalue weighted by molar-refractivity contribution is -0.534. The molecule has 2 aliphatic rings. The average Bonchev–Trinajstić information content (AvgIpc) is 2.95. The molecule has 0 amide bonds. The van der Waals surface area contributed by atoms with E-state index in [0.29, 0.717) is 6.54 Å². The SMILES string of the molecule is OC1(c2ccc(-c3ccccc3)cc2)C[N+]2=C(CCCCC2)N1c1ccc(OC(F)F)cc1. The van der Waals surface area contributed by atoms with Crippen LogP contribution in [0.3, 0.4) is 0 Å². The van der Waals surface area contributed by atoms with Crippen LogP contribution in [0.1, 0.15) is 31.2 Å². The van der Waals surface area contributed by atoms with Crippen LogP contribution in [0.15, 0.2) is 78.9 Å². The molecule has 0 radical (unpaired) electrons. The third-order valence-electron chi connectivity index (χ3n) is 6.51. The first-order valence-electron chi connectivity index (χ1n) is 11.4. The molecule has 1 unspecified atom stereocenters. The molecule has 3 aromatic rings. The lowest BCUT2D eigenvalue weighted by Gasteiger charge is -2.29. The maximum atomic E-state index is 12.6. The van der Waals surface area contributed by atoms with Crippen LogP contribution < -0.4 is 9.64 Å². The van der Waals surface area contributed by atoms with E-state index in [9.17, 15) is 13.9 Å². The molecule has 1 N–H and O–H groups in total. The lowest BCUT2D eigenvalue weighted by atomic mass is 9.96. The highest BCUT2D eigenvalue weighted by atomic mass is 19.3. The molecule has 5 rings (SSSR count). The van der Waals surface area contributed by atoms with Gasteiger partial charge >= 0.3 is 6.61 Å². The fourth-order valence-corrected chi connectivity index (χ4v) is 4.94. The van der Waals surface area contributed by atoms with E-state index in [0.717, 1.165) is 60.4 Å². The van der Waals surface area contributed by atoms with Gasteiger partial charge in [-0.05, 0) is 54.7 Å². The van der Waals surface area contributed by atoms with E-state index >= 15 is 0 Å². The molecule has 0 aliphatic carbocycles. The third-order valence-corrected chi connectivity index (χ3v) is 6.51. The van der Waals surface area contributed by atoms with Crippen molar-refractivity contribution in [2.45, 2.75) is 38.0 Å². The number of rotatable bonds is 5. The van der Waals surface area contributed by atoms with Gasteiger partial charge in [0.1, 0.15) is 11.4 Å². The number of nitrogens with zero attached hydrogens (tertiary/aromatic N) is 2. The van der Waals surface area contributed by atoms with Gasteiger partial charge in [-0.2, -0.15) is 13.7 Å². The van der Waals surface area contributed by atoms with Crippen molar-refractivity contribution in [1.82, 2.24) is 0 Å². The van der Waals surface area contributed by atoms with Crippen LogP contribution in [0.25, 0.3) is 11.1 Å². The maximum Gasteiger partial charge on any atom is 0.387 e. The Morgan fingerprint density at radius 3 is 2.24 bits per heavy atom. The first-order valence-corrected chi connectivity index (χ1v) is 11.4. The summed E-state index contributed by atoms with van der Waals surface area (Å²) in [6.45, 7) is -1.51. The number of hydrogen-bond acceptors (Lipinski definition) is 3. The fourth-order valence-electron chi connectivity index (χ4n) is 4.94. The minimum absolute atomic E-state index is 0.103. The molecular formula is C27H27F2N2O2+. The molecule has 0 fully saturated rings. The lowest BCUT2D eigenvalue weighted by Crippen LogP contribution is -2.47. The molecule has 0 saturated carbocycles. The molecule has 6 heteroatoms. The van der Waals surface area contributed by atoms with Crippen LogP contribution in [0.4, 0.5) is 14.5 Å². The van der Waals surface area contributed by atoms with Crippen molar-refractivity contribution in [3.8, 4) is 16.9 Å². The number of benzene rings is 3. The molecule has 0 bridgehead atoms. The molecule has 3 aromatic carbocycles. The maximum absolute atomic E-state index is 12.6. The van der Waals surface area contributed by atoms with Crippen molar-refractivity contribution < 1.29 is 23.2 Å². The van der Waals surface area contributed by atoms with E-state index in [1.807, 2.05) is 47.4 Å². The summed E-state index contributed by atoms with van der Waals surface area (Å²) in [5, 5.41) is 12.1. The van der Waals surface area contributed by atoms with E-state index < -0.39 is 12.3 Å². The summed E-state index contributed by atoms with van der Waals surface area (Å²) in [6, 6.07) is 24.7. The number of halogens is 2. The smallest absolute Gasteiger partial charge is 0.387 e. The molecular weight excluding hydrogens is 422 g/mol. The molecule has 2 heterocycles. The zero-order valence-corrected chi connectivity index (χ0v) is 18.3. The number of amidine groups is 1. The number of aliphatic hydroxyl groups is 1. The highest BCUT2D eigenvalue weighted by molar-refractivity contribution is 5.97. The topological polar surface area (TPSA) is 35.7 Å². The van der Waals surface area contributed by atoms with Crippen LogP contribution in [0.5, 0.6) is 5.75 Å². The monoisotopic (exact) mass is 449 g/mol. The summed E-state index contributed by atoms with van der Waals surface area (Å²) in [5.41, 5.74) is 2.51. The van der Waals surface area contributed by atoms with Gasteiger partial charge in [0, 0.05) is 12.0 Å². The van der Waals surface area contributed by atoms with Crippen molar-refractivity contribution in [3.63, 3.8) is 0 Å². The second-order valence-electron chi connectivity index (χ2n) is 8.62. The van der Waals surface area contributed by atoms with Gasteiger partial charge in [-0.15, -0.1) is 0 Å². The Morgan fingerprint density at radius 1 is 0.848 bits per heavy atom. The number of ether oxygens (including phenoxy) is 1. The van der Waals surface area contributed by atoms with Crippen molar-refractivity contribution >= 4 is 11.5 Å². The molecule has 0 saturated heterocycles. The van der Waals surface area contributed by atoms with Crippen LogP contribution >= 0.6 is 0 Å². The van der Waals surface area contributed by atoms with Gasteiger partial charge in [0.15, 0.2) is 6.54 Å². The van der Waals surface area contributed by atoms with E-state index in [2.05, 4.69) is 21.4 Å². The summed E-state index contributed by atoms with van der Waals surface area (Å²) in [7, 11) is 0. The summed E-state index contributed by atoms with van der Waals surface area (Å²) >= 11 is 0. The second-order valence-corrected chi connectivity index (χ2v) is 8.62. The van der Waals surface area contributed by atoms with Crippen molar-refractivity contribution in [2.75, 3.05) is 18.0 Å². The van der Waals surface area contributed by atoms with E-state index in [1.54, 1.807) is 12.1 Å². The Morgan fingerprint density at radius 2 is 1.55 bits per heavy atom. The zero-order chi connectivity index (χ0) is 22.8. The molecule has 33 heavy (non-hydrogen) atoms. The molecule has 0 spiro atoms. The van der Waals surface area contributed by atoms with E-state index in [4.69, 9.17) is 0 Å². The summed E-state index contributed by atoms with van der Waals surface area (Å²) < 4.78 is 32.0. The highest BCUT2D eigenvalue weighted by Crippen LogP contribution is 2.39. The summed E-state index contributed by atoms with van der Waals surface area (Å²) in [5.74, 6) is 1.18. The van der Waals surface area contributed by atoms with Gasteiger partial charge in [0.2, 0.25) is 0 Å². The normalized spacial score (nSPS) is 20.7. The Balaban J connectivity index is 1.52. The van der Waals surface area contributed by atoms with Crippen molar-refractivity contribution in [2.24, 2.45) is 0 Å². The Bertz CT molecular complexity index is 1130. The molecule has 1 atom stereocenters. The van der Waals surface area contributed by atoms with Gasteiger partial charge in [0.25, 0.3) is 11.6 Å². The second kappa shape index (κ2) is 8.94. The number of anilines is 1. The van der Waals surface area contributed by atoms with Crippen LogP contribution in [0, 0.1) is 0 Å². The third kappa shape index (κ3) is 4.23. The first kappa shape index (κ1) is 21.6. The average molecular weight is 450 g/mol. The van der Waals surface area contributed by atoms with Crippen molar-refractivity contribution in [3.05, 3.63) is 84.4 Å². The number of hydrogen-bond donors (Lipinski definition) is 1. The minimum atomic E-state index is -2.87. The Kier molecular flexibility index (Phi) is 5.85. The van der Waals surface area contributed by atoms with Gasteiger partial charge in [0.05, 0.1) is 6.54 Å². The molecule has 2 aliphatic heterocycles. The predicted molar refractivity (Wildman–Crippen MR) is 125 cm³/mol. The van der Waals surface area contributed by atoms with Gasteiger partial charge in [-0.25, -0.2) is 0 Å². The van der Waals surface area contributed by atoms with Crippen LogP contribution in [-0.4, -0.2) is 35.2 Å². The van der Waals surface area contributed by atoms with E-state index in [-0.39, 0.29) is 5.75 Å². The van der Waals surface area contributed by atoms with E-state index in [1.165, 1.54) is 12.1 Å². The molecule has 170 valence electrons. The Labute approximate surface area is 192 Å². The number of alkyl halides is 2. The largest absolute Gasteiger partial charge is 0.435 e. The minimum Gasteiger partial charge on any atom is -0.435 e.